The molecule has 3 rings (SSSR count). The van der Waals surface area contributed by atoms with E-state index in [0.717, 1.165) is 17.7 Å². The zero-order valence-electron chi connectivity index (χ0n) is 15.6. The number of carbonyl (C=O) groups is 1. The van der Waals surface area contributed by atoms with Gasteiger partial charge >= 0.3 is 0 Å². The third-order valence-electron chi connectivity index (χ3n) is 3.91. The summed E-state index contributed by atoms with van der Waals surface area (Å²) in [7, 11) is -4.13. The largest absolute Gasteiger partial charge is 0.457 e. The SMILES string of the molecule is Cc1cccc(Oc2ccc(NC(=O)CNS(=O)(=O)c3ccccc3F)cc2)c1. The predicted octanol–water partition coefficient (Wildman–Crippen LogP) is 3.84. The molecule has 150 valence electrons. The minimum atomic E-state index is -4.13. The Bertz CT molecular complexity index is 1120. The van der Waals surface area contributed by atoms with Crippen LogP contribution in [0.1, 0.15) is 5.56 Å². The van der Waals surface area contributed by atoms with Crippen molar-refractivity contribution >= 4 is 21.6 Å². The Morgan fingerprint density at radius 3 is 2.38 bits per heavy atom. The summed E-state index contributed by atoms with van der Waals surface area (Å²) < 4.78 is 45.7. The van der Waals surface area contributed by atoms with E-state index in [1.165, 1.54) is 12.1 Å². The van der Waals surface area contributed by atoms with Crippen molar-refractivity contribution in [2.75, 3.05) is 11.9 Å². The maximum Gasteiger partial charge on any atom is 0.243 e. The van der Waals surface area contributed by atoms with Gasteiger partial charge in [0.15, 0.2) is 0 Å². The van der Waals surface area contributed by atoms with Crippen LogP contribution in [0.3, 0.4) is 0 Å². The Morgan fingerprint density at radius 1 is 0.966 bits per heavy atom. The van der Waals surface area contributed by atoms with Crippen molar-refractivity contribution in [3.05, 3.63) is 84.2 Å². The van der Waals surface area contributed by atoms with Crippen molar-refractivity contribution in [1.82, 2.24) is 4.72 Å². The van der Waals surface area contributed by atoms with Crippen LogP contribution in [0.2, 0.25) is 0 Å². The molecule has 3 aromatic carbocycles. The lowest BCUT2D eigenvalue weighted by Crippen LogP contribution is -2.33. The molecule has 0 saturated heterocycles. The fourth-order valence-corrected chi connectivity index (χ4v) is 3.59. The second kappa shape index (κ2) is 8.85. The molecule has 6 nitrogen and oxygen atoms in total. The van der Waals surface area contributed by atoms with Crippen LogP contribution in [-0.2, 0) is 14.8 Å². The van der Waals surface area contributed by atoms with Crippen LogP contribution < -0.4 is 14.8 Å². The lowest BCUT2D eigenvalue weighted by Gasteiger charge is -2.10. The molecule has 0 heterocycles. The zero-order chi connectivity index (χ0) is 20.9. The monoisotopic (exact) mass is 414 g/mol. The molecule has 0 saturated carbocycles. The van der Waals surface area contributed by atoms with Crippen molar-refractivity contribution in [2.24, 2.45) is 0 Å². The second-order valence-corrected chi connectivity index (χ2v) is 7.98. The van der Waals surface area contributed by atoms with Gasteiger partial charge in [-0.1, -0.05) is 24.3 Å². The highest BCUT2D eigenvalue weighted by atomic mass is 32.2. The maximum absolute atomic E-state index is 13.6. The molecule has 0 unspecified atom stereocenters. The Balaban J connectivity index is 1.56. The lowest BCUT2D eigenvalue weighted by atomic mass is 10.2. The molecule has 8 heteroatoms. The minimum absolute atomic E-state index is 0.469. The topological polar surface area (TPSA) is 84.5 Å². The molecule has 0 spiro atoms. The number of ether oxygens (including phenoxy) is 1. The van der Waals surface area contributed by atoms with Gasteiger partial charge in [-0.05, 0) is 61.0 Å². The number of carbonyl (C=O) groups excluding carboxylic acids is 1. The van der Waals surface area contributed by atoms with Crippen molar-refractivity contribution in [2.45, 2.75) is 11.8 Å². The van der Waals surface area contributed by atoms with Crippen molar-refractivity contribution in [1.29, 1.82) is 0 Å². The first kappa shape index (κ1) is 20.5. The molecule has 0 aliphatic heterocycles. The molecule has 0 aromatic heterocycles. The molecule has 0 radical (unpaired) electrons. The highest BCUT2D eigenvalue weighted by Gasteiger charge is 2.19. The number of benzene rings is 3. The second-order valence-electron chi connectivity index (χ2n) is 6.25. The van der Waals surface area contributed by atoms with Crippen molar-refractivity contribution in [3.8, 4) is 11.5 Å². The number of amides is 1. The quantitative estimate of drug-likeness (QED) is 0.615. The Labute approximate surface area is 168 Å². The first-order chi connectivity index (χ1) is 13.8. The number of hydrogen-bond acceptors (Lipinski definition) is 4. The van der Waals surface area contributed by atoms with Crippen molar-refractivity contribution in [3.63, 3.8) is 0 Å². The third-order valence-corrected chi connectivity index (χ3v) is 5.35. The molecule has 29 heavy (non-hydrogen) atoms. The average Bonchev–Trinajstić information content (AvgIpc) is 2.68. The van der Waals surface area contributed by atoms with Crippen LogP contribution in [0.5, 0.6) is 11.5 Å². The number of rotatable bonds is 7. The summed E-state index contributed by atoms with van der Waals surface area (Å²) in [6.07, 6.45) is 0. The third kappa shape index (κ3) is 5.63. The number of nitrogens with one attached hydrogen (secondary N) is 2. The van der Waals surface area contributed by atoms with Gasteiger partial charge in [0.25, 0.3) is 0 Å². The normalized spacial score (nSPS) is 11.1. The number of halogens is 1. The first-order valence-electron chi connectivity index (χ1n) is 8.72. The fourth-order valence-electron chi connectivity index (χ4n) is 2.53. The van der Waals surface area contributed by atoms with E-state index >= 15 is 0 Å². The van der Waals surface area contributed by atoms with E-state index in [2.05, 4.69) is 10.0 Å². The maximum atomic E-state index is 13.6. The van der Waals surface area contributed by atoms with E-state index in [9.17, 15) is 17.6 Å². The number of hydrogen-bond donors (Lipinski definition) is 2. The summed E-state index contributed by atoms with van der Waals surface area (Å²) in [5.41, 5.74) is 1.54. The van der Waals surface area contributed by atoms with E-state index in [1.807, 2.05) is 31.2 Å². The molecule has 0 bridgehead atoms. The van der Waals surface area contributed by atoms with Gasteiger partial charge < -0.3 is 10.1 Å². The van der Waals surface area contributed by atoms with Crippen LogP contribution in [-0.4, -0.2) is 20.9 Å². The van der Waals surface area contributed by atoms with Gasteiger partial charge in [0.05, 0.1) is 6.54 Å². The highest BCUT2D eigenvalue weighted by molar-refractivity contribution is 7.89. The molecule has 0 atom stereocenters. The number of anilines is 1. The molecule has 0 fully saturated rings. The Hall–Kier alpha value is -3.23. The predicted molar refractivity (Wildman–Crippen MR) is 108 cm³/mol. The molecular weight excluding hydrogens is 395 g/mol. The van der Waals surface area contributed by atoms with Gasteiger partial charge in [-0.3, -0.25) is 4.79 Å². The summed E-state index contributed by atoms with van der Waals surface area (Å²) in [5.74, 6) is -0.180. The summed E-state index contributed by atoms with van der Waals surface area (Å²) >= 11 is 0. The van der Waals surface area contributed by atoms with Crippen LogP contribution in [0, 0.1) is 12.7 Å². The van der Waals surface area contributed by atoms with Gasteiger partial charge in [0, 0.05) is 5.69 Å². The molecule has 2 N–H and O–H groups in total. The number of sulfonamides is 1. The fraction of sp³-hybridized carbons (Fsp3) is 0.0952. The van der Waals surface area contributed by atoms with E-state index in [0.29, 0.717) is 17.2 Å². The smallest absolute Gasteiger partial charge is 0.243 e. The Kier molecular flexibility index (Phi) is 6.26. The van der Waals surface area contributed by atoms with E-state index < -0.39 is 33.2 Å². The first-order valence-corrected chi connectivity index (χ1v) is 10.2. The van der Waals surface area contributed by atoms with Gasteiger partial charge in [0.1, 0.15) is 22.2 Å². The lowest BCUT2D eigenvalue weighted by molar-refractivity contribution is -0.115. The van der Waals surface area contributed by atoms with Gasteiger partial charge in [-0.2, -0.15) is 0 Å². The van der Waals surface area contributed by atoms with Crippen LogP contribution in [0.4, 0.5) is 10.1 Å². The summed E-state index contributed by atoms with van der Waals surface area (Å²) in [4.78, 5) is 11.5. The summed E-state index contributed by atoms with van der Waals surface area (Å²) in [6.45, 7) is 1.43. The van der Waals surface area contributed by atoms with E-state index in [-0.39, 0.29) is 0 Å². The Morgan fingerprint density at radius 2 is 1.69 bits per heavy atom. The summed E-state index contributed by atoms with van der Waals surface area (Å²) in [6, 6.07) is 19.2. The number of aryl methyl sites for hydroxylation is 1. The average molecular weight is 414 g/mol. The van der Waals surface area contributed by atoms with Crippen LogP contribution >= 0.6 is 0 Å². The van der Waals surface area contributed by atoms with E-state index in [1.54, 1.807) is 24.3 Å². The van der Waals surface area contributed by atoms with Crippen LogP contribution in [0.25, 0.3) is 0 Å². The van der Waals surface area contributed by atoms with Gasteiger partial charge in [-0.25, -0.2) is 17.5 Å². The zero-order valence-corrected chi connectivity index (χ0v) is 16.4. The van der Waals surface area contributed by atoms with Crippen LogP contribution in [0.15, 0.2) is 77.7 Å². The molecular formula is C21H19FN2O4S. The van der Waals surface area contributed by atoms with Gasteiger partial charge in [0.2, 0.25) is 15.9 Å². The van der Waals surface area contributed by atoms with Gasteiger partial charge in [-0.15, -0.1) is 0 Å². The van der Waals surface area contributed by atoms with E-state index in [4.69, 9.17) is 4.74 Å². The molecule has 0 aliphatic carbocycles. The van der Waals surface area contributed by atoms with Crippen molar-refractivity contribution < 1.29 is 22.3 Å². The molecule has 0 aliphatic rings. The highest BCUT2D eigenvalue weighted by Crippen LogP contribution is 2.23. The molecule has 1 amide bonds. The molecule has 3 aromatic rings. The summed E-state index contributed by atoms with van der Waals surface area (Å²) in [5, 5.41) is 2.57. The standard InChI is InChI=1S/C21H19FN2O4S/c1-15-5-4-6-18(13-15)28-17-11-9-16(10-12-17)24-21(25)14-23-29(26,27)20-8-3-2-7-19(20)22/h2-13,23H,14H2,1H3,(H,24,25). The minimum Gasteiger partial charge on any atom is -0.457 e.